The number of aromatic nitrogens is 4. The van der Waals surface area contributed by atoms with Gasteiger partial charge in [0.15, 0.2) is 5.82 Å². The van der Waals surface area contributed by atoms with Crippen molar-refractivity contribution in [3.63, 3.8) is 0 Å². The van der Waals surface area contributed by atoms with Crippen molar-refractivity contribution in [3.05, 3.63) is 54.6 Å². The molecular weight excluding hydrogens is 370 g/mol. The molecule has 9 heteroatoms. The number of nitrogens with zero attached hydrogens (tertiary/aromatic N) is 5. The number of anilines is 3. The third kappa shape index (κ3) is 4.82. The maximum atomic E-state index is 12.1. The van der Waals surface area contributed by atoms with Gasteiger partial charge in [-0.25, -0.2) is 9.78 Å². The van der Waals surface area contributed by atoms with Crippen LogP contribution >= 0.6 is 0 Å². The summed E-state index contributed by atoms with van der Waals surface area (Å²) in [6.07, 6.45) is 3.23. The molecule has 1 fully saturated rings. The van der Waals surface area contributed by atoms with Crippen molar-refractivity contribution in [2.75, 3.05) is 41.8 Å². The van der Waals surface area contributed by atoms with Crippen LogP contribution in [0.4, 0.5) is 22.1 Å². The molecule has 0 atom stereocenters. The zero-order valence-corrected chi connectivity index (χ0v) is 16.0. The number of carbonyl (C=O) groups is 1. The van der Waals surface area contributed by atoms with E-state index in [0.717, 1.165) is 18.7 Å². The van der Waals surface area contributed by atoms with E-state index >= 15 is 0 Å². The monoisotopic (exact) mass is 391 g/mol. The van der Waals surface area contributed by atoms with Crippen molar-refractivity contribution in [2.45, 2.75) is 6.92 Å². The van der Waals surface area contributed by atoms with Crippen molar-refractivity contribution >= 4 is 23.4 Å². The first-order valence-electron chi connectivity index (χ1n) is 9.31. The van der Waals surface area contributed by atoms with Crippen molar-refractivity contribution in [2.24, 2.45) is 0 Å². The zero-order chi connectivity index (χ0) is 20.1. The summed E-state index contributed by atoms with van der Waals surface area (Å²) in [5, 5.41) is 5.55. The van der Waals surface area contributed by atoms with Gasteiger partial charge in [0, 0.05) is 42.4 Å². The van der Waals surface area contributed by atoms with Gasteiger partial charge >= 0.3 is 6.03 Å². The van der Waals surface area contributed by atoms with Gasteiger partial charge in [-0.2, -0.15) is 9.97 Å². The number of morpholine rings is 1. The second-order valence-corrected chi connectivity index (χ2v) is 6.50. The van der Waals surface area contributed by atoms with Gasteiger partial charge in [-0.1, -0.05) is 0 Å². The zero-order valence-electron chi connectivity index (χ0n) is 16.0. The molecule has 9 nitrogen and oxygen atoms in total. The molecule has 3 aromatic rings. The first-order valence-corrected chi connectivity index (χ1v) is 9.31. The van der Waals surface area contributed by atoms with E-state index in [2.05, 4.69) is 35.5 Å². The van der Waals surface area contributed by atoms with Gasteiger partial charge in [0.25, 0.3) is 0 Å². The van der Waals surface area contributed by atoms with Crippen LogP contribution in [0.5, 0.6) is 0 Å². The second-order valence-electron chi connectivity index (χ2n) is 6.50. The highest BCUT2D eigenvalue weighted by molar-refractivity contribution is 5.99. The molecule has 0 unspecified atom stereocenters. The van der Waals surface area contributed by atoms with Crippen LogP contribution < -0.4 is 15.5 Å². The highest BCUT2D eigenvalue weighted by atomic mass is 16.5. The Morgan fingerprint density at radius 1 is 0.931 bits per heavy atom. The van der Waals surface area contributed by atoms with Crippen LogP contribution in [0.3, 0.4) is 0 Å². The summed E-state index contributed by atoms with van der Waals surface area (Å²) in [5.74, 6) is 1.93. The minimum Gasteiger partial charge on any atom is -0.378 e. The molecule has 3 heterocycles. The van der Waals surface area contributed by atoms with E-state index in [1.807, 2.05) is 31.2 Å². The molecule has 148 valence electrons. The predicted molar refractivity (Wildman–Crippen MR) is 110 cm³/mol. The summed E-state index contributed by atoms with van der Waals surface area (Å²) >= 11 is 0. The minimum absolute atomic E-state index is 0.324. The Balaban J connectivity index is 1.46. The predicted octanol–water partition coefficient (Wildman–Crippen LogP) is 2.72. The third-order valence-electron chi connectivity index (χ3n) is 4.37. The van der Waals surface area contributed by atoms with Crippen molar-refractivity contribution < 1.29 is 9.53 Å². The van der Waals surface area contributed by atoms with E-state index in [1.54, 1.807) is 24.5 Å². The fraction of sp³-hybridized carbons (Fsp3) is 0.250. The largest absolute Gasteiger partial charge is 0.378 e. The molecule has 0 aliphatic carbocycles. The first-order chi connectivity index (χ1) is 14.2. The maximum absolute atomic E-state index is 12.1. The Kier molecular flexibility index (Phi) is 5.57. The fourth-order valence-corrected chi connectivity index (χ4v) is 2.93. The number of carbonyl (C=O) groups excluding carboxylic acids is 1. The van der Waals surface area contributed by atoms with Crippen LogP contribution in [0.25, 0.3) is 11.4 Å². The number of hydrogen-bond acceptors (Lipinski definition) is 7. The number of urea groups is 1. The molecule has 1 aliphatic rings. The number of pyridine rings is 1. The van der Waals surface area contributed by atoms with E-state index in [4.69, 9.17) is 4.74 Å². The highest BCUT2D eigenvalue weighted by Gasteiger charge is 2.16. The lowest BCUT2D eigenvalue weighted by Crippen LogP contribution is -2.37. The molecule has 1 saturated heterocycles. The van der Waals surface area contributed by atoms with E-state index in [1.165, 1.54) is 0 Å². The summed E-state index contributed by atoms with van der Waals surface area (Å²) in [7, 11) is 0. The number of benzene rings is 1. The standard InChI is InChI=1S/C20H21N7O2/c1-14-22-18(26-19(23-14)27-10-12-29-13-11-27)15-2-4-16(5-3-15)24-20(28)25-17-6-8-21-9-7-17/h2-9H,10-13H2,1H3,(H2,21,24,25,28). The van der Waals surface area contributed by atoms with E-state index < -0.39 is 0 Å². The number of nitrogens with one attached hydrogen (secondary N) is 2. The van der Waals surface area contributed by atoms with Crippen molar-refractivity contribution in [1.29, 1.82) is 0 Å². The van der Waals surface area contributed by atoms with Gasteiger partial charge in [0.05, 0.1) is 13.2 Å². The molecule has 0 bridgehead atoms. The van der Waals surface area contributed by atoms with E-state index in [0.29, 0.717) is 42.2 Å². The van der Waals surface area contributed by atoms with Crippen molar-refractivity contribution in [3.8, 4) is 11.4 Å². The highest BCUT2D eigenvalue weighted by Crippen LogP contribution is 2.21. The van der Waals surface area contributed by atoms with Crippen LogP contribution in [0, 0.1) is 6.92 Å². The molecule has 2 amide bonds. The Hall–Kier alpha value is -3.59. The fourth-order valence-electron chi connectivity index (χ4n) is 2.93. The Bertz CT molecular complexity index is 974. The van der Waals surface area contributed by atoms with Crippen LogP contribution in [-0.2, 0) is 4.74 Å². The number of rotatable bonds is 4. The molecule has 1 aliphatic heterocycles. The Labute approximate surface area is 168 Å². The molecule has 4 rings (SSSR count). The van der Waals surface area contributed by atoms with E-state index in [-0.39, 0.29) is 6.03 Å². The summed E-state index contributed by atoms with van der Waals surface area (Å²) < 4.78 is 5.39. The molecule has 0 saturated carbocycles. The lowest BCUT2D eigenvalue weighted by molar-refractivity contribution is 0.122. The topological polar surface area (TPSA) is 105 Å². The molecule has 0 radical (unpaired) electrons. The smallest absolute Gasteiger partial charge is 0.323 e. The van der Waals surface area contributed by atoms with Gasteiger partial charge in [0.1, 0.15) is 5.82 Å². The molecule has 2 aromatic heterocycles. The molecular formula is C20H21N7O2. The van der Waals surface area contributed by atoms with Gasteiger partial charge in [-0.05, 0) is 43.3 Å². The number of aryl methyl sites for hydroxylation is 1. The number of ether oxygens (including phenoxy) is 1. The van der Waals surface area contributed by atoms with Crippen LogP contribution in [0.1, 0.15) is 5.82 Å². The van der Waals surface area contributed by atoms with E-state index in [9.17, 15) is 4.79 Å². The summed E-state index contributed by atoms with van der Waals surface area (Å²) in [6.45, 7) is 4.72. The second kappa shape index (κ2) is 8.61. The number of amides is 2. The average Bonchev–Trinajstić information content (AvgIpc) is 2.75. The molecule has 2 N–H and O–H groups in total. The Morgan fingerprint density at radius 3 is 2.28 bits per heavy atom. The SMILES string of the molecule is Cc1nc(-c2ccc(NC(=O)Nc3ccncc3)cc2)nc(N2CCOCC2)n1. The maximum Gasteiger partial charge on any atom is 0.323 e. The van der Waals surface area contributed by atoms with Crippen LogP contribution in [0.2, 0.25) is 0 Å². The third-order valence-corrected chi connectivity index (χ3v) is 4.37. The normalized spacial score (nSPS) is 13.8. The molecule has 0 spiro atoms. The summed E-state index contributed by atoms with van der Waals surface area (Å²) in [4.78, 5) is 31.7. The van der Waals surface area contributed by atoms with Crippen LogP contribution in [-0.4, -0.2) is 52.3 Å². The number of hydrogen-bond donors (Lipinski definition) is 2. The van der Waals surface area contributed by atoms with Crippen molar-refractivity contribution in [1.82, 2.24) is 19.9 Å². The lowest BCUT2D eigenvalue weighted by atomic mass is 10.2. The van der Waals surface area contributed by atoms with Gasteiger partial charge in [-0.3, -0.25) is 4.98 Å². The van der Waals surface area contributed by atoms with Gasteiger partial charge < -0.3 is 20.3 Å². The summed E-state index contributed by atoms with van der Waals surface area (Å²) in [5.41, 5.74) is 2.19. The Morgan fingerprint density at radius 2 is 1.59 bits per heavy atom. The summed E-state index contributed by atoms with van der Waals surface area (Å²) in [6, 6.07) is 10.5. The average molecular weight is 391 g/mol. The lowest BCUT2D eigenvalue weighted by Gasteiger charge is -2.27. The quantitative estimate of drug-likeness (QED) is 0.704. The minimum atomic E-state index is -0.324. The van der Waals surface area contributed by atoms with Crippen LogP contribution in [0.15, 0.2) is 48.8 Å². The molecule has 1 aromatic carbocycles. The first kappa shape index (κ1) is 18.8. The molecule has 29 heavy (non-hydrogen) atoms. The van der Waals surface area contributed by atoms with Gasteiger partial charge in [-0.15, -0.1) is 0 Å². The van der Waals surface area contributed by atoms with Gasteiger partial charge in [0.2, 0.25) is 5.95 Å².